The van der Waals surface area contributed by atoms with E-state index in [0.29, 0.717) is 6.04 Å². The van der Waals surface area contributed by atoms with Gasteiger partial charge in [-0.15, -0.1) is 0 Å². The van der Waals surface area contributed by atoms with Crippen molar-refractivity contribution in [3.8, 4) is 0 Å². The normalized spacial score (nSPS) is 22.2. The average Bonchev–Trinajstić information content (AvgIpc) is 2.78. The van der Waals surface area contributed by atoms with Gasteiger partial charge in [-0.05, 0) is 44.0 Å². The van der Waals surface area contributed by atoms with Gasteiger partial charge in [-0.25, -0.2) is 4.39 Å². The molecule has 1 aromatic carbocycles. The predicted octanol–water partition coefficient (Wildman–Crippen LogP) is 2.23. The zero-order valence-corrected chi connectivity index (χ0v) is 9.67. The number of halogens is 1. The van der Waals surface area contributed by atoms with Gasteiger partial charge in [0.2, 0.25) is 0 Å². The molecule has 2 atom stereocenters. The summed E-state index contributed by atoms with van der Waals surface area (Å²) in [6, 6.07) is 7.59. The monoisotopic (exact) mass is 222 g/mol. The number of nitrogens with one attached hydrogen (secondary N) is 2. The van der Waals surface area contributed by atoms with Gasteiger partial charge in [0.25, 0.3) is 0 Å². The highest BCUT2D eigenvalue weighted by molar-refractivity contribution is 5.19. The van der Waals surface area contributed by atoms with E-state index in [-0.39, 0.29) is 11.9 Å². The van der Waals surface area contributed by atoms with Crippen LogP contribution in [-0.4, -0.2) is 19.1 Å². The first-order chi connectivity index (χ1) is 7.75. The molecule has 2 nitrogen and oxygen atoms in total. The minimum Gasteiger partial charge on any atom is -0.313 e. The molecule has 1 fully saturated rings. The van der Waals surface area contributed by atoms with Crippen molar-refractivity contribution in [2.75, 3.05) is 13.1 Å². The Morgan fingerprint density at radius 1 is 1.56 bits per heavy atom. The molecule has 1 aliphatic heterocycles. The van der Waals surface area contributed by atoms with Gasteiger partial charge >= 0.3 is 0 Å². The van der Waals surface area contributed by atoms with E-state index in [9.17, 15) is 4.39 Å². The maximum Gasteiger partial charge on any atom is 0.123 e. The van der Waals surface area contributed by atoms with Crippen LogP contribution in [0.3, 0.4) is 0 Å². The smallest absolute Gasteiger partial charge is 0.123 e. The Morgan fingerprint density at radius 2 is 2.44 bits per heavy atom. The summed E-state index contributed by atoms with van der Waals surface area (Å²) in [6.45, 7) is 4.15. The summed E-state index contributed by atoms with van der Waals surface area (Å²) in [6.07, 6.45) is 2.50. The van der Waals surface area contributed by atoms with Crippen molar-refractivity contribution >= 4 is 0 Å². The number of hydrogen-bond donors (Lipinski definition) is 2. The maximum atomic E-state index is 13.0. The van der Waals surface area contributed by atoms with Crippen LogP contribution in [0.5, 0.6) is 0 Å². The summed E-state index contributed by atoms with van der Waals surface area (Å²) in [5.74, 6) is -0.162. The summed E-state index contributed by atoms with van der Waals surface area (Å²) >= 11 is 0. The average molecular weight is 222 g/mol. The van der Waals surface area contributed by atoms with E-state index in [1.807, 2.05) is 6.07 Å². The van der Waals surface area contributed by atoms with Gasteiger partial charge in [0.1, 0.15) is 5.82 Å². The predicted molar refractivity (Wildman–Crippen MR) is 63.8 cm³/mol. The highest BCUT2D eigenvalue weighted by Crippen LogP contribution is 2.14. The zero-order valence-electron chi connectivity index (χ0n) is 9.67. The lowest BCUT2D eigenvalue weighted by Crippen LogP contribution is -2.35. The molecule has 0 saturated carbocycles. The number of benzene rings is 1. The fourth-order valence-corrected chi connectivity index (χ4v) is 2.14. The first-order valence-electron chi connectivity index (χ1n) is 5.98. The molecule has 88 valence electrons. The fourth-order valence-electron chi connectivity index (χ4n) is 2.14. The first kappa shape index (κ1) is 11.6. The molecule has 0 radical (unpaired) electrons. The molecule has 1 aliphatic rings. The van der Waals surface area contributed by atoms with Gasteiger partial charge in [0.05, 0.1) is 0 Å². The van der Waals surface area contributed by atoms with Crippen LogP contribution in [0.4, 0.5) is 4.39 Å². The standard InChI is InChI=1S/C13H19FN2/c1-10(11-4-2-5-12(14)8-11)16-9-13-6-3-7-15-13/h2,4-5,8,10,13,15-16H,3,6-7,9H2,1H3/t10-,13?/m0/s1. The van der Waals surface area contributed by atoms with Crippen molar-refractivity contribution in [3.63, 3.8) is 0 Å². The van der Waals surface area contributed by atoms with Crippen molar-refractivity contribution < 1.29 is 4.39 Å². The van der Waals surface area contributed by atoms with Crippen LogP contribution in [0.15, 0.2) is 24.3 Å². The second kappa shape index (κ2) is 5.41. The van der Waals surface area contributed by atoms with E-state index in [1.54, 1.807) is 12.1 Å². The minimum atomic E-state index is -0.162. The highest BCUT2D eigenvalue weighted by Gasteiger charge is 2.14. The van der Waals surface area contributed by atoms with E-state index < -0.39 is 0 Å². The topological polar surface area (TPSA) is 24.1 Å². The molecule has 16 heavy (non-hydrogen) atoms. The van der Waals surface area contributed by atoms with Crippen molar-refractivity contribution in [3.05, 3.63) is 35.6 Å². The Morgan fingerprint density at radius 3 is 3.12 bits per heavy atom. The van der Waals surface area contributed by atoms with E-state index in [1.165, 1.54) is 18.9 Å². The molecule has 1 unspecified atom stereocenters. The van der Waals surface area contributed by atoms with Gasteiger partial charge in [0, 0.05) is 18.6 Å². The summed E-state index contributed by atoms with van der Waals surface area (Å²) < 4.78 is 13.0. The largest absolute Gasteiger partial charge is 0.313 e. The van der Waals surface area contributed by atoms with E-state index >= 15 is 0 Å². The Bertz CT molecular complexity index is 334. The third-order valence-corrected chi connectivity index (χ3v) is 3.18. The van der Waals surface area contributed by atoms with Crippen molar-refractivity contribution in [1.82, 2.24) is 10.6 Å². The van der Waals surface area contributed by atoms with E-state index in [0.717, 1.165) is 18.7 Å². The van der Waals surface area contributed by atoms with Crippen LogP contribution >= 0.6 is 0 Å². The third kappa shape index (κ3) is 3.03. The van der Waals surface area contributed by atoms with Crippen LogP contribution in [-0.2, 0) is 0 Å². The molecular weight excluding hydrogens is 203 g/mol. The molecule has 0 aromatic heterocycles. The van der Waals surface area contributed by atoms with Crippen molar-refractivity contribution in [1.29, 1.82) is 0 Å². The molecule has 2 N–H and O–H groups in total. The van der Waals surface area contributed by atoms with Gasteiger partial charge in [0.15, 0.2) is 0 Å². The third-order valence-electron chi connectivity index (χ3n) is 3.18. The minimum absolute atomic E-state index is 0.162. The van der Waals surface area contributed by atoms with E-state index in [2.05, 4.69) is 17.6 Å². The Kier molecular flexibility index (Phi) is 3.91. The molecule has 3 heteroatoms. The molecule has 1 aromatic rings. The van der Waals surface area contributed by atoms with Crippen molar-refractivity contribution in [2.24, 2.45) is 0 Å². The van der Waals surface area contributed by atoms with Crippen LogP contribution in [0.2, 0.25) is 0 Å². The lowest BCUT2D eigenvalue weighted by molar-refractivity contribution is 0.488. The maximum absolute atomic E-state index is 13.0. The van der Waals surface area contributed by atoms with Crippen LogP contribution in [0.1, 0.15) is 31.4 Å². The molecule has 1 heterocycles. The zero-order chi connectivity index (χ0) is 11.4. The quantitative estimate of drug-likeness (QED) is 0.816. The first-order valence-corrected chi connectivity index (χ1v) is 5.98. The molecule has 0 spiro atoms. The van der Waals surface area contributed by atoms with Crippen LogP contribution in [0, 0.1) is 5.82 Å². The summed E-state index contributed by atoms with van der Waals surface area (Å²) in [5.41, 5.74) is 1.01. The van der Waals surface area contributed by atoms with Crippen LogP contribution < -0.4 is 10.6 Å². The van der Waals surface area contributed by atoms with Crippen LogP contribution in [0.25, 0.3) is 0 Å². The Balaban J connectivity index is 1.85. The summed E-state index contributed by atoms with van der Waals surface area (Å²) in [5, 5.41) is 6.88. The van der Waals surface area contributed by atoms with Gasteiger partial charge < -0.3 is 10.6 Å². The molecule has 0 bridgehead atoms. The fraction of sp³-hybridized carbons (Fsp3) is 0.538. The molecular formula is C13H19FN2. The van der Waals surface area contributed by atoms with Gasteiger partial charge in [-0.1, -0.05) is 12.1 Å². The van der Waals surface area contributed by atoms with Gasteiger partial charge in [-0.2, -0.15) is 0 Å². The second-order valence-electron chi connectivity index (χ2n) is 4.48. The lowest BCUT2D eigenvalue weighted by atomic mass is 10.1. The highest BCUT2D eigenvalue weighted by atomic mass is 19.1. The molecule has 0 aliphatic carbocycles. The Hall–Kier alpha value is -0.930. The summed E-state index contributed by atoms with van der Waals surface area (Å²) in [4.78, 5) is 0. The molecule has 0 amide bonds. The second-order valence-corrected chi connectivity index (χ2v) is 4.48. The molecule has 2 rings (SSSR count). The summed E-state index contributed by atoms with van der Waals surface area (Å²) in [7, 11) is 0. The van der Waals surface area contributed by atoms with E-state index in [4.69, 9.17) is 0 Å². The van der Waals surface area contributed by atoms with Crippen molar-refractivity contribution in [2.45, 2.75) is 31.8 Å². The number of rotatable bonds is 4. The SMILES string of the molecule is C[C@H](NCC1CCCN1)c1cccc(F)c1. The lowest BCUT2D eigenvalue weighted by Gasteiger charge is -2.17. The number of hydrogen-bond acceptors (Lipinski definition) is 2. The molecule has 1 saturated heterocycles. The van der Waals surface area contributed by atoms with Gasteiger partial charge in [-0.3, -0.25) is 0 Å². The Labute approximate surface area is 96.2 Å².